The Hall–Kier alpha value is -4.46. The van der Waals surface area contributed by atoms with Crippen molar-refractivity contribution >= 4 is 29.7 Å². The van der Waals surface area contributed by atoms with Crippen LogP contribution in [-0.4, -0.2) is 39.5 Å². The highest BCUT2D eigenvalue weighted by Gasteiger charge is 2.60. The summed E-state index contributed by atoms with van der Waals surface area (Å²) in [4.78, 5) is 68.1. The summed E-state index contributed by atoms with van der Waals surface area (Å²) >= 11 is 0. The van der Waals surface area contributed by atoms with Crippen molar-refractivity contribution in [2.24, 2.45) is 0 Å². The average Bonchev–Trinajstić information content (AvgIpc) is 2.86. The minimum absolute atomic E-state index is 0.0331. The van der Waals surface area contributed by atoms with Crippen molar-refractivity contribution in [3.63, 3.8) is 0 Å². The van der Waals surface area contributed by atoms with Crippen molar-refractivity contribution in [2.75, 3.05) is 0 Å². The number of halogens is 1. The van der Waals surface area contributed by atoms with Crippen molar-refractivity contribution < 1.29 is 28.4 Å². The van der Waals surface area contributed by atoms with Gasteiger partial charge < -0.3 is 0 Å². The maximum Gasteiger partial charge on any atom is 0.347 e. The molecule has 0 bridgehead atoms. The van der Waals surface area contributed by atoms with Gasteiger partial charge in [0.2, 0.25) is 0 Å². The van der Waals surface area contributed by atoms with E-state index in [1.807, 2.05) is 0 Å². The Labute approximate surface area is 194 Å². The van der Waals surface area contributed by atoms with Crippen LogP contribution in [-0.2, 0) is 15.0 Å². The normalized spacial score (nSPS) is 18.2. The fraction of sp³-hybridized carbons (Fsp3) is 0.115. The third-order valence-corrected chi connectivity index (χ3v) is 5.83. The third kappa shape index (κ3) is 3.49. The van der Waals surface area contributed by atoms with E-state index in [0.717, 1.165) is 24.3 Å². The predicted octanol–water partition coefficient (Wildman–Crippen LogP) is 3.95. The fourth-order valence-electron chi connectivity index (χ4n) is 4.01. The quantitative estimate of drug-likeness (QED) is 0.436. The summed E-state index contributed by atoms with van der Waals surface area (Å²) in [6.07, 6.45) is -0.117. The van der Waals surface area contributed by atoms with E-state index in [1.165, 1.54) is 24.3 Å². The maximum absolute atomic E-state index is 13.7. The molecule has 3 aromatic carbocycles. The van der Waals surface area contributed by atoms with Crippen LogP contribution in [0.4, 0.5) is 9.18 Å². The van der Waals surface area contributed by atoms with E-state index < -0.39 is 40.9 Å². The molecule has 6 amide bonds. The van der Waals surface area contributed by atoms with Gasteiger partial charge in [-0.25, -0.2) is 9.18 Å². The van der Waals surface area contributed by atoms with E-state index in [0.29, 0.717) is 9.80 Å². The van der Waals surface area contributed by atoms with E-state index in [1.54, 1.807) is 43.3 Å². The molecule has 7 nitrogen and oxygen atoms in total. The highest BCUT2D eigenvalue weighted by Crippen LogP contribution is 2.38. The first kappa shape index (κ1) is 22.7. The van der Waals surface area contributed by atoms with Gasteiger partial charge in [0.1, 0.15) is 5.82 Å². The monoisotopic (exact) mass is 458 g/mol. The van der Waals surface area contributed by atoms with E-state index in [4.69, 9.17) is 0 Å². The second-order valence-electron chi connectivity index (χ2n) is 7.67. The molecule has 0 saturated carbocycles. The van der Waals surface area contributed by atoms with Gasteiger partial charge in [-0.1, -0.05) is 55.5 Å². The molecule has 1 saturated heterocycles. The van der Waals surface area contributed by atoms with E-state index in [2.05, 4.69) is 0 Å². The zero-order valence-electron chi connectivity index (χ0n) is 18.1. The summed E-state index contributed by atoms with van der Waals surface area (Å²) < 4.78 is 13.4. The maximum atomic E-state index is 13.7. The number of nitrogens with zero attached hydrogens (tertiary/aromatic N) is 2. The molecule has 1 aliphatic heterocycles. The summed E-state index contributed by atoms with van der Waals surface area (Å²) in [5, 5.41) is 0. The lowest BCUT2D eigenvalue weighted by Gasteiger charge is -2.42. The lowest BCUT2D eigenvalue weighted by atomic mass is 9.74. The number of carbonyl (C=O) groups excluding carboxylic acids is 5. The zero-order valence-corrected chi connectivity index (χ0v) is 18.1. The number of hydrogen-bond acceptors (Lipinski definition) is 5. The van der Waals surface area contributed by atoms with Crippen LogP contribution in [0.2, 0.25) is 0 Å². The topological polar surface area (TPSA) is 91.8 Å². The molecule has 1 aliphatic rings. The molecule has 3 aromatic rings. The number of urea groups is 1. The van der Waals surface area contributed by atoms with Crippen molar-refractivity contribution in [3.05, 3.63) is 107 Å². The molecule has 0 unspecified atom stereocenters. The Bertz CT molecular complexity index is 1290. The van der Waals surface area contributed by atoms with Crippen LogP contribution < -0.4 is 0 Å². The highest BCUT2D eigenvalue weighted by atomic mass is 19.1. The van der Waals surface area contributed by atoms with Crippen LogP contribution in [0.25, 0.3) is 0 Å². The van der Waals surface area contributed by atoms with Gasteiger partial charge in [0, 0.05) is 11.1 Å². The molecule has 0 aromatic heterocycles. The molecule has 1 atom stereocenters. The van der Waals surface area contributed by atoms with Crippen LogP contribution in [0.5, 0.6) is 0 Å². The van der Waals surface area contributed by atoms with Crippen molar-refractivity contribution in [2.45, 2.75) is 18.8 Å². The standard InChI is InChI=1S/C26H19FN2O5/c1-2-26(19-11-7-4-8-12-19)23(32)28(21(30)17-9-5-3-6-10-17)25(34)29(24(26)33)22(31)18-13-15-20(27)16-14-18/h3-16H,2H2,1H3/t26-/m1/s1. The first-order valence-corrected chi connectivity index (χ1v) is 10.5. The van der Waals surface area contributed by atoms with Gasteiger partial charge in [-0.05, 0) is 48.4 Å². The lowest BCUT2D eigenvalue weighted by molar-refractivity contribution is -0.148. The SMILES string of the molecule is CC[C@@]1(c2ccccc2)C(=O)N(C(=O)c2ccccc2)C(=O)N(C(=O)c2ccc(F)cc2)C1=O. The van der Waals surface area contributed by atoms with Gasteiger partial charge in [-0.15, -0.1) is 0 Å². The largest absolute Gasteiger partial charge is 0.347 e. The number of amides is 6. The number of imide groups is 6. The zero-order chi connectivity index (χ0) is 24.5. The number of carbonyl (C=O) groups is 5. The Morgan fingerprint density at radius 2 is 1.15 bits per heavy atom. The van der Waals surface area contributed by atoms with Crippen molar-refractivity contribution in [3.8, 4) is 0 Å². The summed E-state index contributed by atoms with van der Waals surface area (Å²) in [5.41, 5.74) is -1.87. The smallest absolute Gasteiger partial charge is 0.272 e. The van der Waals surface area contributed by atoms with Gasteiger partial charge in [0.15, 0.2) is 5.41 Å². The molecule has 0 radical (unpaired) electrons. The van der Waals surface area contributed by atoms with Gasteiger partial charge in [-0.3, -0.25) is 19.2 Å². The molecule has 34 heavy (non-hydrogen) atoms. The lowest BCUT2D eigenvalue weighted by Crippen LogP contribution is -2.69. The summed E-state index contributed by atoms with van der Waals surface area (Å²) in [6, 6.07) is 18.5. The first-order chi connectivity index (χ1) is 16.3. The second kappa shape index (κ2) is 8.82. The number of benzene rings is 3. The molecular formula is C26H19FN2O5. The molecule has 170 valence electrons. The molecule has 0 N–H and O–H groups in total. The Balaban J connectivity index is 1.91. The highest BCUT2D eigenvalue weighted by molar-refractivity contribution is 6.35. The van der Waals surface area contributed by atoms with Gasteiger partial charge in [0.05, 0.1) is 0 Å². The minimum atomic E-state index is -1.99. The van der Waals surface area contributed by atoms with Crippen LogP contribution in [0.3, 0.4) is 0 Å². The molecule has 0 aliphatic carbocycles. The second-order valence-corrected chi connectivity index (χ2v) is 7.67. The molecule has 8 heteroatoms. The van der Waals surface area contributed by atoms with Crippen LogP contribution in [0.15, 0.2) is 84.9 Å². The number of rotatable bonds is 4. The number of hydrogen-bond donors (Lipinski definition) is 0. The first-order valence-electron chi connectivity index (χ1n) is 10.5. The Kier molecular flexibility index (Phi) is 5.89. The Morgan fingerprint density at radius 1 is 0.706 bits per heavy atom. The van der Waals surface area contributed by atoms with E-state index >= 15 is 0 Å². The summed E-state index contributed by atoms with van der Waals surface area (Å²) in [6.45, 7) is 1.56. The van der Waals surface area contributed by atoms with E-state index in [9.17, 15) is 28.4 Å². The summed E-state index contributed by atoms with van der Waals surface area (Å²) in [7, 11) is 0. The molecule has 1 fully saturated rings. The summed E-state index contributed by atoms with van der Waals surface area (Å²) in [5.74, 6) is -4.75. The average molecular weight is 458 g/mol. The Morgan fingerprint density at radius 3 is 1.62 bits per heavy atom. The van der Waals surface area contributed by atoms with Crippen LogP contribution in [0, 0.1) is 5.82 Å². The number of barbiturate groups is 1. The fourth-order valence-corrected chi connectivity index (χ4v) is 4.01. The van der Waals surface area contributed by atoms with Crippen molar-refractivity contribution in [1.82, 2.24) is 9.80 Å². The van der Waals surface area contributed by atoms with Gasteiger partial charge in [-0.2, -0.15) is 9.80 Å². The van der Waals surface area contributed by atoms with Crippen LogP contribution in [0.1, 0.15) is 39.6 Å². The minimum Gasteiger partial charge on any atom is -0.272 e. The van der Waals surface area contributed by atoms with Crippen molar-refractivity contribution in [1.29, 1.82) is 0 Å². The van der Waals surface area contributed by atoms with Gasteiger partial charge in [0.25, 0.3) is 23.6 Å². The molecule has 4 rings (SSSR count). The molecule has 1 heterocycles. The van der Waals surface area contributed by atoms with Gasteiger partial charge >= 0.3 is 6.03 Å². The predicted molar refractivity (Wildman–Crippen MR) is 119 cm³/mol. The third-order valence-electron chi connectivity index (χ3n) is 5.83. The molecular weight excluding hydrogens is 439 g/mol. The van der Waals surface area contributed by atoms with E-state index in [-0.39, 0.29) is 23.1 Å². The van der Waals surface area contributed by atoms with Crippen LogP contribution >= 0.6 is 0 Å². The molecule has 0 spiro atoms.